The van der Waals surface area contributed by atoms with Gasteiger partial charge in [-0.2, -0.15) is 13.2 Å². The molecule has 0 aromatic carbocycles. The van der Waals surface area contributed by atoms with Crippen LogP contribution < -0.4 is 5.32 Å². The molecule has 1 saturated carbocycles. The van der Waals surface area contributed by atoms with Crippen molar-refractivity contribution in [1.82, 2.24) is 10.2 Å². The maximum atomic E-state index is 12.0. The van der Waals surface area contributed by atoms with E-state index in [-0.39, 0.29) is 6.54 Å². The third kappa shape index (κ3) is 2.20. The van der Waals surface area contributed by atoms with Crippen molar-refractivity contribution < 1.29 is 18.0 Å². The molecule has 0 radical (unpaired) electrons. The molecule has 2 aliphatic rings. The number of halogens is 3. The molecule has 6 heteroatoms. The van der Waals surface area contributed by atoms with Crippen LogP contribution in [0.5, 0.6) is 0 Å². The number of rotatable bonds is 3. The number of nitrogens with zero attached hydrogens (tertiary/aromatic N) is 1. The van der Waals surface area contributed by atoms with Gasteiger partial charge in [0.05, 0.1) is 6.54 Å². The highest BCUT2D eigenvalue weighted by Gasteiger charge is 2.61. The van der Waals surface area contributed by atoms with Crippen molar-refractivity contribution in [3.63, 3.8) is 0 Å². The second-order valence-corrected chi connectivity index (χ2v) is 5.69. The summed E-state index contributed by atoms with van der Waals surface area (Å²) in [6.07, 6.45) is -4.82. The fraction of sp³-hybridized carbons (Fsp3) is 0.750. The van der Waals surface area contributed by atoms with Crippen LogP contribution in [-0.2, 0) is 4.79 Å². The largest absolute Gasteiger partial charge is 0.471 e. The van der Waals surface area contributed by atoms with Crippen LogP contribution in [0.4, 0.5) is 13.2 Å². The molecule has 1 amide bonds. The SMILES string of the molecule is C=C(CNC(=O)C(F)(F)F)N1CC2C(C1)C2(C)C. The lowest BCUT2D eigenvalue weighted by molar-refractivity contribution is -0.173. The number of hydrogen-bond donors (Lipinski definition) is 1. The number of fused-ring (bicyclic) bond motifs is 1. The highest BCUT2D eigenvalue weighted by Crippen LogP contribution is 2.62. The topological polar surface area (TPSA) is 32.3 Å². The van der Waals surface area contributed by atoms with Crippen LogP contribution in [0, 0.1) is 17.3 Å². The molecule has 1 aliphatic carbocycles. The molecule has 0 bridgehead atoms. The van der Waals surface area contributed by atoms with Crippen LogP contribution in [0.3, 0.4) is 0 Å². The summed E-state index contributed by atoms with van der Waals surface area (Å²) in [6.45, 7) is 9.66. The van der Waals surface area contributed by atoms with Crippen molar-refractivity contribution in [2.24, 2.45) is 17.3 Å². The Morgan fingerprint density at radius 3 is 2.33 bits per heavy atom. The first-order valence-corrected chi connectivity index (χ1v) is 5.91. The number of piperidine rings is 1. The number of nitrogens with one attached hydrogen (secondary N) is 1. The molecule has 3 nitrogen and oxygen atoms in total. The monoisotopic (exact) mass is 262 g/mol. The van der Waals surface area contributed by atoms with E-state index in [1.165, 1.54) is 0 Å². The highest BCUT2D eigenvalue weighted by atomic mass is 19.4. The van der Waals surface area contributed by atoms with E-state index in [0.29, 0.717) is 22.9 Å². The lowest BCUT2D eigenvalue weighted by Crippen LogP contribution is -2.40. The van der Waals surface area contributed by atoms with E-state index < -0.39 is 12.1 Å². The number of alkyl halides is 3. The molecule has 1 saturated heterocycles. The Labute approximate surface area is 104 Å². The van der Waals surface area contributed by atoms with Crippen LogP contribution in [-0.4, -0.2) is 36.6 Å². The van der Waals surface area contributed by atoms with E-state index in [4.69, 9.17) is 0 Å². The van der Waals surface area contributed by atoms with E-state index in [1.807, 2.05) is 10.2 Å². The molecule has 1 N–H and O–H groups in total. The second kappa shape index (κ2) is 3.90. The van der Waals surface area contributed by atoms with Gasteiger partial charge >= 0.3 is 12.1 Å². The summed E-state index contributed by atoms with van der Waals surface area (Å²) in [5, 5.41) is 1.84. The first-order valence-electron chi connectivity index (χ1n) is 5.91. The molecule has 1 heterocycles. The average molecular weight is 262 g/mol. The molecular formula is C12H17F3N2O. The fourth-order valence-electron chi connectivity index (χ4n) is 2.78. The number of carbonyl (C=O) groups excluding carboxylic acids is 1. The quantitative estimate of drug-likeness (QED) is 0.840. The minimum absolute atomic E-state index is 0.141. The number of carbonyl (C=O) groups is 1. The molecule has 2 rings (SSSR count). The lowest BCUT2D eigenvalue weighted by Gasteiger charge is -2.26. The standard InChI is InChI=1S/C12H17F3N2O/c1-7(4-16-10(18)12(13,14)15)17-5-8-9(6-17)11(8,2)3/h8-9H,1,4-6H2,2-3H3,(H,16,18). The Kier molecular flexibility index (Phi) is 2.87. The zero-order chi connectivity index (χ0) is 13.7. The first-order chi connectivity index (χ1) is 8.14. The van der Waals surface area contributed by atoms with Crippen molar-refractivity contribution in [2.75, 3.05) is 19.6 Å². The van der Waals surface area contributed by atoms with Gasteiger partial charge in [0.2, 0.25) is 0 Å². The van der Waals surface area contributed by atoms with Gasteiger partial charge in [0.1, 0.15) is 0 Å². The van der Waals surface area contributed by atoms with Gasteiger partial charge in [0.15, 0.2) is 0 Å². The second-order valence-electron chi connectivity index (χ2n) is 5.69. The third-order valence-corrected chi connectivity index (χ3v) is 4.28. The van der Waals surface area contributed by atoms with E-state index in [2.05, 4.69) is 20.4 Å². The Bertz CT molecular complexity index is 375. The lowest BCUT2D eigenvalue weighted by atomic mass is 10.1. The Morgan fingerprint density at radius 1 is 1.39 bits per heavy atom. The van der Waals surface area contributed by atoms with Gasteiger partial charge in [-0.15, -0.1) is 0 Å². The maximum Gasteiger partial charge on any atom is 0.471 e. The van der Waals surface area contributed by atoms with Gasteiger partial charge in [0.25, 0.3) is 0 Å². The summed E-state index contributed by atoms with van der Waals surface area (Å²) in [6, 6.07) is 0. The molecule has 2 fully saturated rings. The predicted molar refractivity (Wildman–Crippen MR) is 60.5 cm³/mol. The molecule has 2 unspecified atom stereocenters. The number of likely N-dealkylation sites (tertiary alicyclic amines) is 1. The van der Waals surface area contributed by atoms with Gasteiger partial charge in [-0.1, -0.05) is 20.4 Å². The van der Waals surface area contributed by atoms with Gasteiger partial charge < -0.3 is 10.2 Å². The molecule has 0 spiro atoms. The molecule has 0 aromatic heterocycles. The zero-order valence-electron chi connectivity index (χ0n) is 10.5. The van der Waals surface area contributed by atoms with Gasteiger partial charge in [-0.25, -0.2) is 0 Å². The van der Waals surface area contributed by atoms with Crippen LogP contribution in [0.1, 0.15) is 13.8 Å². The van der Waals surface area contributed by atoms with Gasteiger partial charge in [0, 0.05) is 18.8 Å². The van der Waals surface area contributed by atoms with E-state index in [1.54, 1.807) is 0 Å². The zero-order valence-corrected chi connectivity index (χ0v) is 10.5. The van der Waals surface area contributed by atoms with Gasteiger partial charge in [-0.3, -0.25) is 4.79 Å². The normalized spacial score (nSPS) is 28.8. The van der Waals surface area contributed by atoms with Crippen LogP contribution in [0.2, 0.25) is 0 Å². The van der Waals surface area contributed by atoms with E-state index >= 15 is 0 Å². The average Bonchev–Trinajstić information content (AvgIpc) is 2.68. The summed E-state index contributed by atoms with van der Waals surface area (Å²) >= 11 is 0. The molecule has 0 aromatic rings. The van der Waals surface area contributed by atoms with Crippen molar-refractivity contribution >= 4 is 5.91 Å². The van der Waals surface area contributed by atoms with Crippen LogP contribution in [0.15, 0.2) is 12.3 Å². The molecule has 1 aliphatic heterocycles. The molecule has 102 valence electrons. The summed E-state index contributed by atoms with van der Waals surface area (Å²) in [4.78, 5) is 12.6. The van der Waals surface area contributed by atoms with Crippen molar-refractivity contribution in [2.45, 2.75) is 20.0 Å². The minimum Gasteiger partial charge on any atom is -0.373 e. The highest BCUT2D eigenvalue weighted by molar-refractivity contribution is 5.81. The maximum absolute atomic E-state index is 12.0. The molecule has 18 heavy (non-hydrogen) atoms. The predicted octanol–water partition coefficient (Wildman–Crippen LogP) is 1.77. The summed E-state index contributed by atoms with van der Waals surface area (Å²) in [5.41, 5.74) is 0.905. The van der Waals surface area contributed by atoms with Crippen LogP contribution in [0.25, 0.3) is 0 Å². The summed E-state index contributed by atoms with van der Waals surface area (Å²) in [5.74, 6) is -0.700. The first kappa shape index (κ1) is 13.2. The van der Waals surface area contributed by atoms with Crippen LogP contribution >= 0.6 is 0 Å². The molecule has 2 atom stereocenters. The Hall–Kier alpha value is -1.20. The number of hydrogen-bond acceptors (Lipinski definition) is 2. The Balaban J connectivity index is 1.77. The van der Waals surface area contributed by atoms with Crippen molar-refractivity contribution in [3.8, 4) is 0 Å². The van der Waals surface area contributed by atoms with Gasteiger partial charge in [-0.05, 0) is 17.3 Å². The third-order valence-electron chi connectivity index (χ3n) is 4.28. The Morgan fingerprint density at radius 2 is 1.89 bits per heavy atom. The van der Waals surface area contributed by atoms with E-state index in [9.17, 15) is 18.0 Å². The van der Waals surface area contributed by atoms with E-state index in [0.717, 1.165) is 13.1 Å². The smallest absolute Gasteiger partial charge is 0.373 e. The van der Waals surface area contributed by atoms with Crippen molar-refractivity contribution in [3.05, 3.63) is 12.3 Å². The minimum atomic E-state index is -4.82. The van der Waals surface area contributed by atoms with Crippen molar-refractivity contribution in [1.29, 1.82) is 0 Å². The number of amides is 1. The molecular weight excluding hydrogens is 245 g/mol. The fourth-order valence-corrected chi connectivity index (χ4v) is 2.78. The summed E-state index contributed by atoms with van der Waals surface area (Å²) in [7, 11) is 0. The summed E-state index contributed by atoms with van der Waals surface area (Å²) < 4.78 is 36.0.